The van der Waals surface area contributed by atoms with Crippen LogP contribution in [0.3, 0.4) is 0 Å². The van der Waals surface area contributed by atoms with E-state index >= 15 is 0 Å². The van der Waals surface area contributed by atoms with Crippen LogP contribution >= 0.6 is 0 Å². The van der Waals surface area contributed by atoms with Gasteiger partial charge in [0, 0.05) is 12.6 Å². The van der Waals surface area contributed by atoms with Gasteiger partial charge in [0.2, 0.25) is 0 Å². The van der Waals surface area contributed by atoms with Crippen LogP contribution in [0, 0.1) is 17.8 Å². The Morgan fingerprint density at radius 1 is 1.14 bits per heavy atom. The second kappa shape index (κ2) is 8.65. The molecule has 130 valence electrons. The van der Waals surface area contributed by atoms with Gasteiger partial charge in [-0.05, 0) is 56.9 Å². The van der Waals surface area contributed by atoms with Crippen LogP contribution in [0.5, 0.6) is 0 Å². The highest BCUT2D eigenvalue weighted by molar-refractivity contribution is 4.82. The Labute approximate surface area is 137 Å². The standard InChI is InChI=1S/C19H37NO2/c1-14(2)18-9-8-15(3)11-19(18)22-13-17(21)12-20-10-6-5-7-16(20)4/h14-19,21H,5-13H2,1-4H3. The van der Waals surface area contributed by atoms with E-state index in [0.29, 0.717) is 30.6 Å². The lowest BCUT2D eigenvalue weighted by Crippen LogP contribution is -2.44. The third kappa shape index (κ3) is 5.21. The Morgan fingerprint density at radius 3 is 2.59 bits per heavy atom. The summed E-state index contributed by atoms with van der Waals surface area (Å²) in [5, 5.41) is 10.4. The van der Waals surface area contributed by atoms with Crippen molar-refractivity contribution in [3.8, 4) is 0 Å². The van der Waals surface area contributed by atoms with Crippen molar-refractivity contribution >= 4 is 0 Å². The molecule has 0 radical (unpaired) electrons. The Morgan fingerprint density at radius 2 is 1.91 bits per heavy atom. The molecule has 1 saturated carbocycles. The Hall–Kier alpha value is -0.120. The van der Waals surface area contributed by atoms with E-state index in [4.69, 9.17) is 4.74 Å². The summed E-state index contributed by atoms with van der Waals surface area (Å²) in [7, 11) is 0. The molecule has 1 heterocycles. The average Bonchev–Trinajstić information content (AvgIpc) is 2.47. The third-order valence-corrected chi connectivity index (χ3v) is 5.85. The highest BCUT2D eigenvalue weighted by Gasteiger charge is 2.32. The number of aliphatic hydroxyl groups is 1. The molecule has 1 saturated heterocycles. The fraction of sp³-hybridized carbons (Fsp3) is 1.00. The van der Waals surface area contributed by atoms with Crippen molar-refractivity contribution in [2.45, 2.75) is 84.5 Å². The van der Waals surface area contributed by atoms with Crippen LogP contribution in [0.2, 0.25) is 0 Å². The van der Waals surface area contributed by atoms with E-state index in [1.54, 1.807) is 0 Å². The van der Waals surface area contributed by atoms with Crippen LogP contribution < -0.4 is 0 Å². The summed E-state index contributed by atoms with van der Waals surface area (Å²) in [5.41, 5.74) is 0. The molecule has 3 nitrogen and oxygen atoms in total. The minimum absolute atomic E-state index is 0.342. The van der Waals surface area contributed by atoms with Gasteiger partial charge in [-0.15, -0.1) is 0 Å². The summed E-state index contributed by atoms with van der Waals surface area (Å²) in [6.07, 6.45) is 7.65. The smallest absolute Gasteiger partial charge is 0.0900 e. The van der Waals surface area contributed by atoms with Gasteiger partial charge < -0.3 is 9.84 Å². The zero-order valence-electron chi connectivity index (χ0n) is 15.1. The van der Waals surface area contributed by atoms with Gasteiger partial charge in [0.05, 0.1) is 18.8 Å². The van der Waals surface area contributed by atoms with Crippen LogP contribution in [0.1, 0.15) is 66.2 Å². The van der Waals surface area contributed by atoms with Gasteiger partial charge in [-0.25, -0.2) is 0 Å². The molecule has 5 unspecified atom stereocenters. The topological polar surface area (TPSA) is 32.7 Å². The van der Waals surface area contributed by atoms with E-state index in [0.717, 1.165) is 25.4 Å². The first kappa shape index (κ1) is 18.2. The third-order valence-electron chi connectivity index (χ3n) is 5.85. The Balaban J connectivity index is 1.77. The Kier molecular flexibility index (Phi) is 7.17. The molecule has 5 atom stereocenters. The molecule has 3 heteroatoms. The summed E-state index contributed by atoms with van der Waals surface area (Å²) >= 11 is 0. The molecule has 22 heavy (non-hydrogen) atoms. The predicted octanol–water partition coefficient (Wildman–Crippen LogP) is 3.70. The van der Waals surface area contributed by atoms with E-state index in [2.05, 4.69) is 32.6 Å². The number of nitrogens with zero attached hydrogens (tertiary/aromatic N) is 1. The molecule has 0 spiro atoms. The molecule has 0 aromatic heterocycles. The van der Waals surface area contributed by atoms with Crippen molar-refractivity contribution in [3.63, 3.8) is 0 Å². The zero-order chi connectivity index (χ0) is 16.1. The maximum atomic E-state index is 10.4. The molecular formula is C19H37NO2. The van der Waals surface area contributed by atoms with E-state index in [1.807, 2.05) is 0 Å². The van der Waals surface area contributed by atoms with Gasteiger partial charge in [0.15, 0.2) is 0 Å². The zero-order valence-corrected chi connectivity index (χ0v) is 15.1. The lowest BCUT2D eigenvalue weighted by Gasteiger charge is -2.38. The molecule has 1 N–H and O–H groups in total. The molecule has 1 aliphatic heterocycles. The van der Waals surface area contributed by atoms with Crippen molar-refractivity contribution in [1.29, 1.82) is 0 Å². The molecule has 1 aliphatic carbocycles. The second-order valence-electron chi connectivity index (χ2n) is 8.19. The first-order chi connectivity index (χ1) is 10.5. The minimum atomic E-state index is -0.342. The summed E-state index contributed by atoms with van der Waals surface area (Å²) in [5.74, 6) is 2.10. The highest BCUT2D eigenvalue weighted by Crippen LogP contribution is 2.35. The Bertz CT molecular complexity index is 321. The summed E-state index contributed by atoms with van der Waals surface area (Å²) < 4.78 is 6.19. The largest absolute Gasteiger partial charge is 0.389 e. The fourth-order valence-electron chi connectivity index (χ4n) is 4.29. The van der Waals surface area contributed by atoms with E-state index in [9.17, 15) is 5.11 Å². The van der Waals surface area contributed by atoms with Crippen molar-refractivity contribution in [1.82, 2.24) is 4.90 Å². The molecule has 2 rings (SSSR count). The lowest BCUT2D eigenvalue weighted by atomic mass is 9.75. The monoisotopic (exact) mass is 311 g/mol. The second-order valence-corrected chi connectivity index (χ2v) is 8.19. The number of β-amino-alcohol motifs (C(OH)–C–C–N with tert-alkyl or cyclic N) is 1. The predicted molar refractivity (Wildman–Crippen MR) is 92.0 cm³/mol. The highest BCUT2D eigenvalue weighted by atomic mass is 16.5. The van der Waals surface area contributed by atoms with Gasteiger partial charge in [-0.2, -0.15) is 0 Å². The van der Waals surface area contributed by atoms with E-state index in [1.165, 1.54) is 32.1 Å². The number of piperidine rings is 1. The van der Waals surface area contributed by atoms with Crippen LogP contribution in [-0.4, -0.2) is 48.0 Å². The van der Waals surface area contributed by atoms with Crippen molar-refractivity contribution in [3.05, 3.63) is 0 Å². The first-order valence-electron chi connectivity index (χ1n) is 9.51. The summed E-state index contributed by atoms with van der Waals surface area (Å²) in [6, 6.07) is 0.613. The van der Waals surface area contributed by atoms with Crippen LogP contribution in [0.15, 0.2) is 0 Å². The summed E-state index contributed by atoms with van der Waals surface area (Å²) in [6.45, 7) is 11.6. The number of likely N-dealkylation sites (tertiary alicyclic amines) is 1. The average molecular weight is 312 g/mol. The molecule has 2 fully saturated rings. The molecular weight excluding hydrogens is 274 g/mol. The molecule has 0 aromatic carbocycles. The van der Waals surface area contributed by atoms with Gasteiger partial charge in [-0.1, -0.05) is 33.6 Å². The molecule has 0 bridgehead atoms. The van der Waals surface area contributed by atoms with Gasteiger partial charge >= 0.3 is 0 Å². The number of rotatable bonds is 6. The minimum Gasteiger partial charge on any atom is -0.389 e. The maximum absolute atomic E-state index is 10.4. The molecule has 0 aromatic rings. The normalized spacial score (nSPS) is 35.7. The number of hydrogen-bond acceptors (Lipinski definition) is 3. The number of aliphatic hydroxyl groups excluding tert-OH is 1. The van der Waals surface area contributed by atoms with Crippen LogP contribution in [0.4, 0.5) is 0 Å². The number of ether oxygens (including phenoxy) is 1. The van der Waals surface area contributed by atoms with Gasteiger partial charge in [-0.3, -0.25) is 4.90 Å². The molecule has 2 aliphatic rings. The lowest BCUT2D eigenvalue weighted by molar-refractivity contribution is -0.0765. The number of hydrogen-bond donors (Lipinski definition) is 1. The first-order valence-corrected chi connectivity index (χ1v) is 9.51. The van der Waals surface area contributed by atoms with Crippen LogP contribution in [0.25, 0.3) is 0 Å². The maximum Gasteiger partial charge on any atom is 0.0900 e. The van der Waals surface area contributed by atoms with Crippen LogP contribution in [-0.2, 0) is 4.74 Å². The summed E-state index contributed by atoms with van der Waals surface area (Å²) in [4.78, 5) is 2.43. The van der Waals surface area contributed by atoms with Crippen molar-refractivity contribution in [2.24, 2.45) is 17.8 Å². The van der Waals surface area contributed by atoms with Gasteiger partial charge in [0.25, 0.3) is 0 Å². The van der Waals surface area contributed by atoms with Gasteiger partial charge in [0.1, 0.15) is 0 Å². The quantitative estimate of drug-likeness (QED) is 0.812. The van der Waals surface area contributed by atoms with Crippen molar-refractivity contribution in [2.75, 3.05) is 19.7 Å². The fourth-order valence-corrected chi connectivity index (χ4v) is 4.29. The van der Waals surface area contributed by atoms with E-state index in [-0.39, 0.29) is 6.10 Å². The van der Waals surface area contributed by atoms with Crippen molar-refractivity contribution < 1.29 is 9.84 Å². The SMILES string of the molecule is CC1CCC(C(C)C)C(OCC(O)CN2CCCCC2C)C1. The molecule has 0 amide bonds. The van der Waals surface area contributed by atoms with E-state index < -0.39 is 0 Å².